The molecule has 0 aliphatic heterocycles. The number of nitrogens with zero attached hydrogens (tertiary/aromatic N) is 2. The van der Waals surface area contributed by atoms with E-state index in [1.165, 1.54) is 116 Å². The average Bonchev–Trinajstić information content (AvgIpc) is 3.45. The lowest BCUT2D eigenvalue weighted by atomic mass is 9.47. The lowest BCUT2D eigenvalue weighted by Gasteiger charge is -2.58. The first-order valence-electron chi connectivity index (χ1n) is 22.7. The van der Waals surface area contributed by atoms with E-state index in [0.717, 1.165) is 95.5 Å². The van der Waals surface area contributed by atoms with Gasteiger partial charge in [0, 0.05) is 36.6 Å². The lowest BCUT2D eigenvalue weighted by molar-refractivity contribution is -0.0500. The Morgan fingerprint density at radius 3 is 2.35 bits per heavy atom. The molecule has 9 atom stereocenters. The van der Waals surface area contributed by atoms with Crippen LogP contribution in [0.1, 0.15) is 170 Å². The number of rotatable bonds is 19. The molecule has 0 unspecified atom stereocenters. The first-order chi connectivity index (χ1) is 25.0. The number of amidine groups is 1. The molecule has 5 saturated carbocycles. The summed E-state index contributed by atoms with van der Waals surface area (Å²) < 4.78 is 0. The fourth-order valence-electron chi connectivity index (χ4n) is 13.4. The average molecular weight is 752 g/mol. The van der Waals surface area contributed by atoms with E-state index in [-0.39, 0.29) is 0 Å². The maximum atomic E-state index is 9.12. The highest BCUT2D eigenvalue weighted by Crippen LogP contribution is 2.68. The predicted molar refractivity (Wildman–Crippen MR) is 232 cm³/mol. The summed E-state index contributed by atoms with van der Waals surface area (Å²) in [6.45, 7) is 23.7. The summed E-state index contributed by atoms with van der Waals surface area (Å²) in [5.74, 6) is 11.0. The molecule has 0 bridgehead atoms. The molecule has 5 heteroatoms. The molecule has 3 nitrogen and oxygen atoms in total. The molecular formula is C47H81N3S2. The highest BCUT2D eigenvalue weighted by atomic mass is 33.1. The van der Waals surface area contributed by atoms with Crippen LogP contribution < -0.4 is 0 Å². The van der Waals surface area contributed by atoms with Crippen LogP contribution in [0, 0.1) is 75.4 Å². The first kappa shape index (κ1) is 41.2. The van der Waals surface area contributed by atoms with Crippen molar-refractivity contribution < 1.29 is 0 Å². The third-order valence-electron chi connectivity index (χ3n) is 17.3. The van der Waals surface area contributed by atoms with E-state index in [4.69, 9.17) is 5.41 Å². The van der Waals surface area contributed by atoms with E-state index in [1.54, 1.807) is 0 Å². The SMILES string of the molecule is C=NC1CC(CCN(CCC2CC(CC)C2)C(=N)CCSS[C@H]2CC[C@@]3(C)C(=CC[C@H]4[C@@H]5CC[C@H]([C@H](C)CC[C@@H](CC)C(C)C)[C@@]5(C)CC[C@@H]43)C2)C1. The van der Waals surface area contributed by atoms with Gasteiger partial charge in [-0.15, -0.1) is 0 Å². The van der Waals surface area contributed by atoms with Crippen LogP contribution in [-0.4, -0.2) is 47.6 Å². The quantitative estimate of drug-likeness (QED) is 0.0470. The molecule has 6 rings (SSSR count). The predicted octanol–water partition coefficient (Wildman–Crippen LogP) is 13.8. The molecular weight excluding hydrogens is 671 g/mol. The Kier molecular flexibility index (Phi) is 14.5. The van der Waals surface area contributed by atoms with Crippen LogP contribution in [0.2, 0.25) is 0 Å². The Bertz CT molecular complexity index is 1200. The molecule has 296 valence electrons. The van der Waals surface area contributed by atoms with Gasteiger partial charge in [-0.3, -0.25) is 10.4 Å². The second-order valence-corrected chi connectivity index (χ2v) is 23.1. The molecule has 5 fully saturated rings. The second kappa shape index (κ2) is 18.2. The molecule has 0 aromatic heterocycles. The number of nitrogens with one attached hydrogen (secondary N) is 1. The summed E-state index contributed by atoms with van der Waals surface area (Å²) >= 11 is 0. The molecule has 0 amide bonds. The fourth-order valence-corrected chi connectivity index (χ4v) is 16.0. The van der Waals surface area contributed by atoms with Crippen LogP contribution in [-0.2, 0) is 0 Å². The van der Waals surface area contributed by atoms with Crippen molar-refractivity contribution in [2.45, 2.75) is 182 Å². The van der Waals surface area contributed by atoms with Crippen LogP contribution in [0.15, 0.2) is 16.6 Å². The molecule has 6 aliphatic rings. The molecule has 6 aliphatic carbocycles. The van der Waals surface area contributed by atoms with Gasteiger partial charge in [0.25, 0.3) is 0 Å². The highest BCUT2D eigenvalue weighted by Gasteiger charge is 2.59. The van der Waals surface area contributed by atoms with Crippen molar-refractivity contribution in [2.75, 3.05) is 18.8 Å². The van der Waals surface area contributed by atoms with Crippen LogP contribution in [0.25, 0.3) is 0 Å². The largest absolute Gasteiger partial charge is 0.361 e. The van der Waals surface area contributed by atoms with Crippen molar-refractivity contribution in [2.24, 2.45) is 75.0 Å². The van der Waals surface area contributed by atoms with E-state index >= 15 is 0 Å². The zero-order chi connectivity index (χ0) is 37.0. The summed E-state index contributed by atoms with van der Waals surface area (Å²) in [6.07, 6.45) is 28.6. The maximum absolute atomic E-state index is 9.12. The first-order valence-corrected chi connectivity index (χ1v) is 25.1. The molecule has 0 aromatic carbocycles. The normalized spacial score (nSPS) is 39.3. The minimum Gasteiger partial charge on any atom is -0.361 e. The molecule has 0 spiro atoms. The van der Waals surface area contributed by atoms with Crippen molar-refractivity contribution in [1.29, 1.82) is 5.41 Å². The summed E-state index contributed by atoms with van der Waals surface area (Å²) in [4.78, 5) is 6.73. The van der Waals surface area contributed by atoms with Crippen molar-refractivity contribution in [3.05, 3.63) is 11.6 Å². The summed E-state index contributed by atoms with van der Waals surface area (Å²) in [5.41, 5.74) is 2.87. The van der Waals surface area contributed by atoms with Gasteiger partial charge in [-0.2, -0.15) is 0 Å². The van der Waals surface area contributed by atoms with E-state index in [2.05, 4.69) is 92.7 Å². The van der Waals surface area contributed by atoms with Gasteiger partial charge in [0.15, 0.2) is 0 Å². The Hall–Kier alpha value is -0.420. The van der Waals surface area contributed by atoms with Gasteiger partial charge >= 0.3 is 0 Å². The van der Waals surface area contributed by atoms with Crippen molar-refractivity contribution in [3.63, 3.8) is 0 Å². The van der Waals surface area contributed by atoms with Gasteiger partial charge in [0.1, 0.15) is 0 Å². The van der Waals surface area contributed by atoms with Gasteiger partial charge in [0.05, 0.1) is 5.84 Å². The van der Waals surface area contributed by atoms with Crippen molar-refractivity contribution in [3.8, 4) is 0 Å². The van der Waals surface area contributed by atoms with Crippen LogP contribution in [0.3, 0.4) is 0 Å². The summed E-state index contributed by atoms with van der Waals surface area (Å²) in [5, 5.41) is 9.87. The van der Waals surface area contributed by atoms with Crippen LogP contribution >= 0.6 is 21.6 Å². The zero-order valence-corrected chi connectivity index (χ0v) is 36.6. The van der Waals surface area contributed by atoms with E-state index < -0.39 is 0 Å². The lowest BCUT2D eigenvalue weighted by Crippen LogP contribution is -2.50. The highest BCUT2D eigenvalue weighted by molar-refractivity contribution is 8.76. The van der Waals surface area contributed by atoms with E-state index in [9.17, 15) is 0 Å². The molecule has 0 heterocycles. The Morgan fingerprint density at radius 2 is 1.67 bits per heavy atom. The summed E-state index contributed by atoms with van der Waals surface area (Å²) in [7, 11) is 4.25. The molecule has 0 aromatic rings. The summed E-state index contributed by atoms with van der Waals surface area (Å²) in [6, 6.07) is 0.501. The van der Waals surface area contributed by atoms with Gasteiger partial charge in [-0.25, -0.2) is 0 Å². The van der Waals surface area contributed by atoms with Gasteiger partial charge < -0.3 is 4.90 Å². The fraction of sp³-hybridized carbons (Fsp3) is 0.915. The topological polar surface area (TPSA) is 39.5 Å². The van der Waals surface area contributed by atoms with Gasteiger partial charge in [-0.05, 0) is 173 Å². The van der Waals surface area contributed by atoms with E-state index in [1.807, 2.05) is 5.57 Å². The molecule has 52 heavy (non-hydrogen) atoms. The molecule has 1 N–H and O–H groups in total. The third-order valence-corrected chi connectivity index (χ3v) is 20.2. The standard InChI is InChI=1S/C47H81N3S2/c1-9-34-27-35(28-34)19-24-50(25-20-36-29-39(30-36)49-8)45(48)21-26-51-52-40-17-22-46(6)38(31-40)13-14-41-43-16-15-42(47(43,7)23-18-44(41)46)33(5)11-12-37(10-2)32(3)4/h13,32-37,39-44,48H,8-12,14-31H2,1-7H3/t33-,34?,35?,36?,37-,39?,40+,41+,42-,43+,44+,46+,47-/m1/s1. The van der Waals surface area contributed by atoms with Crippen molar-refractivity contribution >= 4 is 34.1 Å². The zero-order valence-electron chi connectivity index (χ0n) is 35.0. The Morgan fingerprint density at radius 1 is 0.942 bits per heavy atom. The third kappa shape index (κ3) is 9.07. The number of fused-ring (bicyclic) bond motifs is 5. The Balaban J connectivity index is 0.959. The number of hydrogen-bond acceptors (Lipinski definition) is 4. The minimum absolute atomic E-state index is 0.448. The maximum Gasteiger partial charge on any atom is 0.0966 e. The van der Waals surface area contributed by atoms with Gasteiger partial charge in [-0.1, -0.05) is 101 Å². The van der Waals surface area contributed by atoms with Gasteiger partial charge in [0.2, 0.25) is 0 Å². The van der Waals surface area contributed by atoms with Crippen LogP contribution in [0.5, 0.6) is 0 Å². The van der Waals surface area contributed by atoms with E-state index in [0.29, 0.717) is 16.9 Å². The Labute approximate surface area is 330 Å². The number of aliphatic imine (C=N–C) groups is 1. The van der Waals surface area contributed by atoms with Crippen LogP contribution in [0.4, 0.5) is 0 Å². The number of hydrogen-bond donors (Lipinski definition) is 1. The number of allylic oxidation sites excluding steroid dienone is 2. The molecule has 0 saturated heterocycles. The second-order valence-electron chi connectivity index (χ2n) is 20.3. The van der Waals surface area contributed by atoms with Crippen molar-refractivity contribution in [1.82, 2.24) is 4.90 Å². The smallest absolute Gasteiger partial charge is 0.0966 e. The molecule has 0 radical (unpaired) electrons. The minimum atomic E-state index is 0.448. The monoisotopic (exact) mass is 752 g/mol.